The van der Waals surface area contributed by atoms with Crippen LogP contribution in [0.1, 0.15) is 221 Å². The van der Waals surface area contributed by atoms with E-state index in [-0.39, 0.29) is 102 Å². The van der Waals surface area contributed by atoms with Gasteiger partial charge in [0.25, 0.3) is 11.8 Å². The number of hydroxylamine groups is 2. The number of imide groups is 1. The summed E-state index contributed by atoms with van der Waals surface area (Å²) in [5.41, 5.74) is 15.1. The Kier molecular flexibility index (Phi) is 41.3. The topological polar surface area (TPSA) is 304 Å². The van der Waals surface area contributed by atoms with Crippen LogP contribution in [0.2, 0.25) is 0 Å². The largest absolute Gasteiger partial charge is 0.368 e. The summed E-state index contributed by atoms with van der Waals surface area (Å²) in [4.78, 5) is 123. The molecule has 20 nitrogen and oxygen atoms in total. The van der Waals surface area contributed by atoms with Crippen LogP contribution in [0.15, 0.2) is 0 Å². The summed E-state index contributed by atoms with van der Waals surface area (Å²) in [6.45, 7) is 4.87. The molecule has 2 unspecified atom stereocenters. The molecule has 5 fully saturated rings. The van der Waals surface area contributed by atoms with E-state index in [0.717, 1.165) is 0 Å². The van der Waals surface area contributed by atoms with Crippen LogP contribution in [0.4, 0.5) is 0 Å². The van der Waals surface area contributed by atoms with Crippen molar-refractivity contribution in [1.82, 2.24) is 30.8 Å². The molecule has 9 amide bonds. The Balaban J connectivity index is 0. The summed E-state index contributed by atoms with van der Waals surface area (Å²) < 4.78 is 0. The van der Waals surface area contributed by atoms with Crippen molar-refractivity contribution in [2.75, 3.05) is 40.3 Å². The molecule has 0 aromatic rings. The molecule has 5 rings (SSSR count). The highest BCUT2D eigenvalue weighted by Gasteiger charge is 2.37. The van der Waals surface area contributed by atoms with Crippen LogP contribution in [0, 0.1) is 11.8 Å². The van der Waals surface area contributed by atoms with E-state index in [0.29, 0.717) is 44.0 Å². The van der Waals surface area contributed by atoms with Crippen molar-refractivity contribution in [1.29, 1.82) is 0 Å². The zero-order chi connectivity index (χ0) is 53.7. The summed E-state index contributed by atoms with van der Waals surface area (Å²) in [6.07, 6.45) is 31.2. The molecule has 3 saturated heterocycles. The zero-order valence-electron chi connectivity index (χ0n) is 44.4. The number of carbonyl (C=O) groups is 10. The van der Waals surface area contributed by atoms with Gasteiger partial charge in [-0.15, -0.1) is 5.06 Å². The second kappa shape index (κ2) is 43.1. The van der Waals surface area contributed by atoms with Crippen LogP contribution in [0.5, 0.6) is 0 Å². The van der Waals surface area contributed by atoms with Crippen molar-refractivity contribution in [2.24, 2.45) is 29.0 Å². The fourth-order valence-corrected chi connectivity index (χ4v) is 9.24. The number of nitrogens with zero attached hydrogens (tertiary/aromatic N) is 3. The van der Waals surface area contributed by atoms with Crippen molar-refractivity contribution in [3.05, 3.63) is 0 Å². The van der Waals surface area contributed by atoms with Crippen LogP contribution in [-0.4, -0.2) is 126 Å². The summed E-state index contributed by atoms with van der Waals surface area (Å²) in [7, 11) is 3.02. The molecule has 5 aliphatic rings. The van der Waals surface area contributed by atoms with Gasteiger partial charge in [-0.2, -0.15) is 0 Å². The van der Waals surface area contributed by atoms with Gasteiger partial charge in [-0.05, 0) is 19.9 Å². The number of rotatable bonds is 17. The lowest BCUT2D eigenvalue weighted by atomic mass is 10.0. The minimum atomic E-state index is -0.854. The first kappa shape index (κ1) is 70.9. The average molecular weight is 1050 g/mol. The molecule has 0 radical (unpaired) electrons. The van der Waals surface area contributed by atoms with Crippen molar-refractivity contribution in [3.8, 4) is 0 Å². The Morgan fingerprint density at radius 3 is 1.05 bits per heavy atom. The fourth-order valence-electron chi connectivity index (χ4n) is 9.24. The molecule has 2 saturated carbocycles. The Morgan fingerprint density at radius 1 is 0.500 bits per heavy atom. The Morgan fingerprint density at radius 2 is 0.784 bits per heavy atom. The van der Waals surface area contributed by atoms with Gasteiger partial charge in [-0.3, -0.25) is 43.2 Å². The van der Waals surface area contributed by atoms with Gasteiger partial charge in [0.1, 0.15) is 12.1 Å². The predicted octanol–water partition coefficient (Wildman–Crippen LogP) is 5.99. The standard InChI is InChI=1S/C17H24N4O7.C14H24N4O4.2C10H20.CH5N.2CH4/c1-2-11(17(18)27)20-9-10(7-15(20)25)8-19-12(22)3-6-16(26)28-21-13(23)4-5-14(21)24;1-3-10(14(15)22)18-8-9(6-13(18)21)7-17-12(20)5-4-11(19)16-2;2*1-2-4-6-8-10-9-7-5-3-1;1-2;;/h10-11H,2-9H2,1H3,(H2,18,27)(H,19,22);9-10H,3-8H2,1-2H3,(H2,15,22)(H,16,19)(H,17,20);2*1-10H2;2H2,1H3;2*1H4/t10?,11-;9?,10-;;;;;/m11...../s1. The normalized spacial score (nSPS) is 19.9. The number of nitrogens with one attached hydrogen (secondary N) is 3. The van der Waals surface area contributed by atoms with E-state index < -0.39 is 47.6 Å². The van der Waals surface area contributed by atoms with Crippen LogP contribution in [-0.2, 0) is 52.8 Å². The molecule has 9 N–H and O–H groups in total. The van der Waals surface area contributed by atoms with Gasteiger partial charge in [0.15, 0.2) is 0 Å². The first-order chi connectivity index (χ1) is 34.6. The highest BCUT2D eigenvalue weighted by atomic mass is 16.7. The van der Waals surface area contributed by atoms with E-state index in [2.05, 4.69) is 26.5 Å². The van der Waals surface area contributed by atoms with Crippen molar-refractivity contribution < 1.29 is 52.8 Å². The molecule has 74 heavy (non-hydrogen) atoms. The second-order valence-electron chi connectivity index (χ2n) is 19.3. The maximum absolute atomic E-state index is 12.1. The highest BCUT2D eigenvalue weighted by Crippen LogP contribution is 2.23. The van der Waals surface area contributed by atoms with Crippen molar-refractivity contribution in [2.45, 2.75) is 233 Å². The third-order valence-electron chi connectivity index (χ3n) is 13.4. The van der Waals surface area contributed by atoms with Gasteiger partial charge >= 0.3 is 5.97 Å². The van der Waals surface area contributed by atoms with E-state index in [9.17, 15) is 47.9 Å². The summed E-state index contributed by atoms with van der Waals surface area (Å²) in [6, 6.07) is -1.24. The van der Waals surface area contributed by atoms with Gasteiger partial charge in [-0.1, -0.05) is 157 Å². The molecule has 2 aliphatic carbocycles. The quantitative estimate of drug-likeness (QED) is 0.0916. The van der Waals surface area contributed by atoms with Crippen LogP contribution < -0.4 is 33.2 Å². The lowest BCUT2D eigenvalue weighted by molar-refractivity contribution is -0.197. The van der Waals surface area contributed by atoms with Gasteiger partial charge < -0.3 is 47.8 Å². The first-order valence-corrected chi connectivity index (χ1v) is 27.2. The van der Waals surface area contributed by atoms with E-state index in [1.807, 2.05) is 0 Å². The fraction of sp³-hybridized carbons (Fsp3) is 0.815. The number of nitrogens with two attached hydrogens (primary N) is 3. The SMILES string of the molecule is C.C.C1CCCCCCCCC1.C1CCCCCCCCC1.CC[C@H](C(N)=O)N1CC(CNC(=O)CCC(=O)NC)CC1=O.CC[C@H](C(N)=O)N1CC(CNC(=O)CCC(=O)ON2C(=O)CCC2=O)CC1=O.CN. The molecule has 0 bridgehead atoms. The molecule has 0 aromatic carbocycles. The zero-order valence-corrected chi connectivity index (χ0v) is 44.4. The second-order valence-corrected chi connectivity index (χ2v) is 19.3. The predicted molar refractivity (Wildman–Crippen MR) is 288 cm³/mol. The molecular weight excluding hydrogens is 951 g/mol. The molecule has 20 heteroatoms. The van der Waals surface area contributed by atoms with E-state index >= 15 is 0 Å². The first-order valence-electron chi connectivity index (χ1n) is 27.2. The van der Waals surface area contributed by atoms with Gasteiger partial charge in [0.05, 0.1) is 6.42 Å². The molecular formula is C54H101N9O11. The molecule has 4 atom stereocenters. The Hall–Kier alpha value is -5.14. The summed E-state index contributed by atoms with van der Waals surface area (Å²) in [5, 5.41) is 8.22. The lowest BCUT2D eigenvalue weighted by Gasteiger charge is -2.24. The maximum Gasteiger partial charge on any atom is 0.333 e. The molecule has 0 aromatic heterocycles. The monoisotopic (exact) mass is 1050 g/mol. The van der Waals surface area contributed by atoms with Crippen LogP contribution in [0.3, 0.4) is 0 Å². The van der Waals surface area contributed by atoms with Crippen LogP contribution >= 0.6 is 0 Å². The smallest absolute Gasteiger partial charge is 0.333 e. The summed E-state index contributed by atoms with van der Waals surface area (Å²) in [5.74, 6) is -4.43. The highest BCUT2D eigenvalue weighted by molar-refractivity contribution is 6.01. The molecule has 3 aliphatic heterocycles. The molecule has 428 valence electrons. The van der Waals surface area contributed by atoms with Gasteiger partial charge in [-0.25, -0.2) is 4.79 Å². The number of hydrogen-bond donors (Lipinski definition) is 6. The number of amides is 9. The van der Waals surface area contributed by atoms with Crippen molar-refractivity contribution in [3.63, 3.8) is 0 Å². The van der Waals surface area contributed by atoms with Gasteiger partial charge in [0.2, 0.25) is 41.4 Å². The molecule has 3 heterocycles. The Bertz CT molecular complexity index is 1580. The van der Waals surface area contributed by atoms with E-state index in [1.54, 1.807) is 13.8 Å². The maximum atomic E-state index is 12.1. The third-order valence-corrected chi connectivity index (χ3v) is 13.4. The minimum absolute atomic E-state index is 0. The average Bonchev–Trinajstić information content (AvgIpc) is 4.04. The Labute approximate surface area is 444 Å². The number of hydrogen-bond acceptors (Lipinski definition) is 12. The van der Waals surface area contributed by atoms with Crippen LogP contribution in [0.25, 0.3) is 0 Å². The molecule has 0 spiro atoms. The number of primary amides is 2. The van der Waals surface area contributed by atoms with E-state index in [1.165, 1.54) is 152 Å². The number of carbonyl (C=O) groups excluding carboxylic acids is 10. The summed E-state index contributed by atoms with van der Waals surface area (Å²) >= 11 is 0. The minimum Gasteiger partial charge on any atom is -0.368 e. The van der Waals surface area contributed by atoms with Gasteiger partial charge in [0, 0.05) is 90.0 Å². The van der Waals surface area contributed by atoms with E-state index in [4.69, 9.17) is 11.5 Å². The third kappa shape index (κ3) is 30.3. The van der Waals surface area contributed by atoms with Crippen molar-refractivity contribution >= 4 is 59.1 Å². The number of likely N-dealkylation sites (tertiary alicyclic amines) is 2. The lowest BCUT2D eigenvalue weighted by Crippen LogP contribution is -2.45.